The SMILES string of the molecule is O=C([N-]c1c[n+](N2CCCCC2C(=O)O)no1)c1ccccc1. The molecule has 1 aromatic heterocycles. The summed E-state index contributed by atoms with van der Waals surface area (Å²) in [6, 6.07) is 7.95. The van der Waals surface area contributed by atoms with Crippen LogP contribution in [0.15, 0.2) is 41.1 Å². The van der Waals surface area contributed by atoms with Gasteiger partial charge >= 0.3 is 5.97 Å². The maximum atomic E-state index is 12.0. The number of hydrogen-bond acceptors (Lipinski definition) is 5. The zero-order valence-corrected chi connectivity index (χ0v) is 12.3. The minimum Gasteiger partial charge on any atom is -0.584 e. The van der Waals surface area contributed by atoms with Crippen LogP contribution >= 0.6 is 0 Å². The third-order valence-electron chi connectivity index (χ3n) is 3.70. The molecule has 1 saturated heterocycles. The largest absolute Gasteiger partial charge is 0.584 e. The Bertz CT molecular complexity index is 701. The smallest absolute Gasteiger partial charge is 0.332 e. The van der Waals surface area contributed by atoms with Gasteiger partial charge in [-0.1, -0.05) is 30.3 Å². The molecule has 1 fully saturated rings. The Balaban J connectivity index is 1.72. The molecule has 0 aliphatic carbocycles. The first-order valence-corrected chi connectivity index (χ1v) is 7.34. The van der Waals surface area contributed by atoms with Crippen LogP contribution in [0.3, 0.4) is 0 Å². The standard InChI is InChI=1S/C15H16N4O4/c20-14(11-6-2-1-3-7-11)16-13-10-19(17-23-13)18-9-5-4-8-12(18)15(21)22/h1-3,6-7,10,12H,4-5,8-9H2,(H-,16,17,20,21,22). The van der Waals surface area contributed by atoms with Gasteiger partial charge in [0.1, 0.15) is 5.88 Å². The molecule has 1 aliphatic heterocycles. The van der Waals surface area contributed by atoms with Gasteiger partial charge in [-0.05, 0) is 24.8 Å². The third kappa shape index (κ3) is 3.31. The summed E-state index contributed by atoms with van der Waals surface area (Å²) in [6.45, 7) is 0.556. The van der Waals surface area contributed by atoms with Crippen molar-refractivity contribution in [2.45, 2.75) is 25.3 Å². The predicted octanol–water partition coefficient (Wildman–Crippen LogP) is 1.38. The van der Waals surface area contributed by atoms with E-state index in [9.17, 15) is 14.7 Å². The number of nitrogens with zero attached hydrogens (tertiary/aromatic N) is 4. The maximum Gasteiger partial charge on any atom is 0.332 e. The van der Waals surface area contributed by atoms with Crippen LogP contribution in [0.4, 0.5) is 5.88 Å². The lowest BCUT2D eigenvalue weighted by Crippen LogP contribution is -2.67. The van der Waals surface area contributed by atoms with Crippen LogP contribution in [0.5, 0.6) is 0 Å². The Morgan fingerprint density at radius 2 is 2.09 bits per heavy atom. The number of aliphatic carboxylic acids is 1. The number of rotatable bonds is 4. The first-order valence-electron chi connectivity index (χ1n) is 7.34. The summed E-state index contributed by atoms with van der Waals surface area (Å²) in [5, 5.41) is 18.5. The van der Waals surface area contributed by atoms with Crippen molar-refractivity contribution in [3.8, 4) is 0 Å². The fraction of sp³-hybridized carbons (Fsp3) is 0.333. The van der Waals surface area contributed by atoms with Gasteiger partial charge in [-0.2, -0.15) is 0 Å². The van der Waals surface area contributed by atoms with Crippen LogP contribution in [0.25, 0.3) is 5.32 Å². The summed E-state index contributed by atoms with van der Waals surface area (Å²) < 4.78 is 5.03. The number of hydrogen-bond donors (Lipinski definition) is 1. The highest BCUT2D eigenvalue weighted by atomic mass is 16.5. The lowest BCUT2D eigenvalue weighted by atomic mass is 10.0. The van der Waals surface area contributed by atoms with E-state index in [2.05, 4.69) is 10.6 Å². The second kappa shape index (κ2) is 6.47. The van der Waals surface area contributed by atoms with Gasteiger partial charge in [-0.25, -0.2) is 4.79 Å². The van der Waals surface area contributed by atoms with Crippen molar-refractivity contribution in [3.05, 3.63) is 47.4 Å². The van der Waals surface area contributed by atoms with Crippen molar-refractivity contribution >= 4 is 17.8 Å². The van der Waals surface area contributed by atoms with Crippen LogP contribution in [-0.2, 0) is 4.79 Å². The molecule has 1 amide bonds. The molecule has 120 valence electrons. The summed E-state index contributed by atoms with van der Waals surface area (Å²) in [5.41, 5.74) is 0.442. The van der Waals surface area contributed by atoms with E-state index in [1.54, 1.807) is 29.3 Å². The molecular weight excluding hydrogens is 300 g/mol. The highest BCUT2D eigenvalue weighted by molar-refractivity contribution is 6.07. The van der Waals surface area contributed by atoms with Gasteiger partial charge in [-0.3, -0.25) is 0 Å². The van der Waals surface area contributed by atoms with Gasteiger partial charge in [0, 0.05) is 0 Å². The quantitative estimate of drug-likeness (QED) is 0.855. The number of aromatic nitrogens is 2. The molecule has 1 aromatic carbocycles. The predicted molar refractivity (Wildman–Crippen MR) is 78.8 cm³/mol. The minimum atomic E-state index is -0.904. The number of carboxylic acid groups (broad SMARTS) is 1. The second-order valence-corrected chi connectivity index (χ2v) is 5.26. The number of piperidine rings is 1. The van der Waals surface area contributed by atoms with Gasteiger partial charge in [0.25, 0.3) is 6.20 Å². The van der Waals surface area contributed by atoms with Crippen molar-refractivity contribution < 1.29 is 24.0 Å². The van der Waals surface area contributed by atoms with Crippen LogP contribution in [0, 0.1) is 0 Å². The minimum absolute atomic E-state index is 0.0357. The first-order chi connectivity index (χ1) is 11.1. The highest BCUT2D eigenvalue weighted by Gasteiger charge is 2.35. The first kappa shape index (κ1) is 15.0. The van der Waals surface area contributed by atoms with E-state index in [0.29, 0.717) is 18.5 Å². The van der Waals surface area contributed by atoms with E-state index < -0.39 is 17.9 Å². The Labute approximate surface area is 132 Å². The van der Waals surface area contributed by atoms with Crippen LogP contribution < -0.4 is 9.80 Å². The normalized spacial score (nSPS) is 17.7. The summed E-state index contributed by atoms with van der Waals surface area (Å²) in [7, 11) is 0. The fourth-order valence-electron chi connectivity index (χ4n) is 2.56. The molecule has 1 atom stereocenters. The number of amides is 1. The Kier molecular flexibility index (Phi) is 4.22. The monoisotopic (exact) mass is 316 g/mol. The summed E-state index contributed by atoms with van der Waals surface area (Å²) in [5.74, 6) is -1.31. The molecule has 2 aromatic rings. The van der Waals surface area contributed by atoms with Gasteiger partial charge in [0.2, 0.25) is 5.27 Å². The van der Waals surface area contributed by atoms with E-state index in [0.717, 1.165) is 12.8 Å². The van der Waals surface area contributed by atoms with Crippen molar-refractivity contribution in [1.29, 1.82) is 0 Å². The third-order valence-corrected chi connectivity index (χ3v) is 3.70. The molecule has 0 bridgehead atoms. The number of carbonyl (C=O) groups excluding carboxylic acids is 1. The van der Waals surface area contributed by atoms with E-state index in [-0.39, 0.29) is 5.88 Å². The average Bonchev–Trinajstić information content (AvgIpc) is 3.04. The molecule has 23 heavy (non-hydrogen) atoms. The molecular formula is C15H16N4O4. The Morgan fingerprint density at radius 1 is 1.30 bits per heavy atom. The van der Waals surface area contributed by atoms with E-state index in [4.69, 9.17) is 4.52 Å². The maximum absolute atomic E-state index is 12.0. The molecule has 1 aliphatic rings. The molecule has 0 saturated carbocycles. The number of benzene rings is 1. The summed E-state index contributed by atoms with van der Waals surface area (Å²) >= 11 is 0. The fourth-order valence-corrected chi connectivity index (χ4v) is 2.56. The van der Waals surface area contributed by atoms with Crippen LogP contribution in [0.2, 0.25) is 0 Å². The van der Waals surface area contributed by atoms with Crippen molar-refractivity contribution in [2.24, 2.45) is 0 Å². The topological polar surface area (TPSA) is 102 Å². The van der Waals surface area contributed by atoms with Crippen molar-refractivity contribution in [2.75, 3.05) is 11.6 Å². The lowest BCUT2D eigenvalue weighted by Gasteiger charge is -2.25. The van der Waals surface area contributed by atoms with Gasteiger partial charge in [0.15, 0.2) is 6.04 Å². The van der Waals surface area contributed by atoms with Gasteiger partial charge < -0.3 is 19.7 Å². The molecule has 8 heteroatoms. The Morgan fingerprint density at radius 3 is 2.83 bits per heavy atom. The zero-order chi connectivity index (χ0) is 16.2. The van der Waals surface area contributed by atoms with Crippen molar-refractivity contribution in [1.82, 2.24) is 5.27 Å². The van der Waals surface area contributed by atoms with Crippen molar-refractivity contribution in [3.63, 3.8) is 0 Å². The van der Waals surface area contributed by atoms with Crippen LogP contribution in [-0.4, -0.2) is 34.8 Å². The summed E-state index contributed by atoms with van der Waals surface area (Å²) in [4.78, 5) is 24.6. The lowest BCUT2D eigenvalue weighted by molar-refractivity contribution is -0.761. The van der Waals surface area contributed by atoms with E-state index in [1.165, 1.54) is 11.0 Å². The number of carbonyl (C=O) groups is 2. The average molecular weight is 316 g/mol. The number of carboxylic acids is 1. The van der Waals surface area contributed by atoms with E-state index >= 15 is 0 Å². The molecule has 1 unspecified atom stereocenters. The molecule has 8 nitrogen and oxygen atoms in total. The molecule has 2 heterocycles. The summed E-state index contributed by atoms with van der Waals surface area (Å²) in [6.07, 6.45) is 3.70. The van der Waals surface area contributed by atoms with Gasteiger partial charge in [-0.15, -0.1) is 5.01 Å². The highest BCUT2D eigenvalue weighted by Crippen LogP contribution is 2.19. The van der Waals surface area contributed by atoms with Gasteiger partial charge in [0.05, 0.1) is 17.2 Å². The molecule has 1 N–H and O–H groups in total. The molecule has 0 radical (unpaired) electrons. The Hall–Kier alpha value is -2.90. The molecule has 3 rings (SSSR count). The van der Waals surface area contributed by atoms with Crippen LogP contribution in [0.1, 0.15) is 29.6 Å². The second-order valence-electron chi connectivity index (χ2n) is 5.26. The molecule has 0 spiro atoms. The van der Waals surface area contributed by atoms with E-state index in [1.807, 2.05) is 6.07 Å². The zero-order valence-electron chi connectivity index (χ0n) is 12.3.